The zero-order valence-electron chi connectivity index (χ0n) is 10.3. The van der Waals surface area contributed by atoms with Gasteiger partial charge < -0.3 is 4.74 Å². The van der Waals surface area contributed by atoms with Crippen molar-refractivity contribution in [3.63, 3.8) is 0 Å². The Morgan fingerprint density at radius 2 is 1.89 bits per heavy atom. The van der Waals surface area contributed by atoms with Gasteiger partial charge in [0.2, 0.25) is 5.91 Å². The molecule has 2 fully saturated rings. The van der Waals surface area contributed by atoms with Crippen LogP contribution >= 0.6 is 0 Å². The van der Waals surface area contributed by atoms with Crippen LogP contribution in [0.5, 0.6) is 0 Å². The lowest BCUT2D eigenvalue weighted by atomic mass is 10.1. The first-order valence-electron chi connectivity index (χ1n) is 6.42. The van der Waals surface area contributed by atoms with Crippen molar-refractivity contribution in [2.24, 2.45) is 5.92 Å². The highest BCUT2D eigenvalue weighted by atomic mass is 19.1. The Balaban J connectivity index is 1.93. The Bertz CT molecular complexity index is 510. The van der Waals surface area contributed by atoms with Gasteiger partial charge in [0.1, 0.15) is 11.9 Å². The van der Waals surface area contributed by atoms with Crippen molar-refractivity contribution >= 4 is 17.6 Å². The molecule has 0 spiro atoms. The largest absolute Gasteiger partial charge is 0.464 e. The number of ether oxygens (including phenoxy) is 1. The number of carbonyl (C=O) groups excluding carboxylic acids is 2. The Labute approximate surface area is 110 Å². The van der Waals surface area contributed by atoms with E-state index in [2.05, 4.69) is 0 Å². The summed E-state index contributed by atoms with van der Waals surface area (Å²) >= 11 is 0. The van der Waals surface area contributed by atoms with Crippen LogP contribution in [-0.4, -0.2) is 24.5 Å². The third-order valence-corrected chi connectivity index (χ3v) is 3.49. The van der Waals surface area contributed by atoms with Crippen LogP contribution in [0.25, 0.3) is 0 Å². The second-order valence-corrected chi connectivity index (χ2v) is 4.93. The Kier molecular flexibility index (Phi) is 2.97. The monoisotopic (exact) mass is 263 g/mol. The molecule has 2 aliphatic rings. The number of carbonyl (C=O) groups is 2. The Morgan fingerprint density at radius 3 is 2.42 bits per heavy atom. The van der Waals surface area contributed by atoms with Crippen LogP contribution in [0.1, 0.15) is 19.3 Å². The van der Waals surface area contributed by atoms with Crippen LogP contribution in [0.15, 0.2) is 24.3 Å². The summed E-state index contributed by atoms with van der Waals surface area (Å²) in [6, 6.07) is 5.08. The van der Waals surface area contributed by atoms with Gasteiger partial charge in [0.15, 0.2) is 0 Å². The van der Waals surface area contributed by atoms with E-state index >= 15 is 0 Å². The lowest BCUT2D eigenvalue weighted by molar-refractivity contribution is -0.140. The van der Waals surface area contributed by atoms with E-state index in [9.17, 15) is 14.0 Å². The molecule has 19 heavy (non-hydrogen) atoms. The topological polar surface area (TPSA) is 46.6 Å². The molecule has 1 saturated heterocycles. The average Bonchev–Trinajstić information content (AvgIpc) is 3.17. The van der Waals surface area contributed by atoms with Crippen molar-refractivity contribution < 1.29 is 18.7 Å². The van der Waals surface area contributed by atoms with Crippen molar-refractivity contribution in [1.29, 1.82) is 0 Å². The van der Waals surface area contributed by atoms with E-state index in [-0.39, 0.29) is 23.6 Å². The zero-order valence-corrected chi connectivity index (χ0v) is 10.3. The number of amides is 1. The van der Waals surface area contributed by atoms with Gasteiger partial charge in [0, 0.05) is 18.0 Å². The standard InChI is InChI=1S/C14H14FNO3/c15-10-3-5-11(6-4-10)16(13(17)9-1-2-9)12-7-8-19-14(12)18/h3-6,9,12H,1-2,7-8H2. The number of esters is 1. The van der Waals surface area contributed by atoms with Gasteiger partial charge in [-0.05, 0) is 37.1 Å². The lowest BCUT2D eigenvalue weighted by Crippen LogP contribution is -2.44. The summed E-state index contributed by atoms with van der Waals surface area (Å²) in [6.07, 6.45) is 2.21. The van der Waals surface area contributed by atoms with Gasteiger partial charge in [0.25, 0.3) is 0 Å². The first-order valence-corrected chi connectivity index (χ1v) is 6.42. The molecule has 1 aromatic carbocycles. The fourth-order valence-corrected chi connectivity index (χ4v) is 2.31. The summed E-state index contributed by atoms with van der Waals surface area (Å²) in [4.78, 5) is 25.5. The van der Waals surface area contributed by atoms with E-state index in [1.165, 1.54) is 29.2 Å². The highest BCUT2D eigenvalue weighted by molar-refractivity contribution is 6.02. The minimum absolute atomic E-state index is 0.00143. The molecular formula is C14H14FNO3. The SMILES string of the molecule is O=C1OCCC1N(C(=O)C1CC1)c1ccc(F)cc1. The second-order valence-electron chi connectivity index (χ2n) is 4.93. The Hall–Kier alpha value is -1.91. The van der Waals surface area contributed by atoms with Crippen LogP contribution in [-0.2, 0) is 14.3 Å². The van der Waals surface area contributed by atoms with Gasteiger partial charge in [-0.1, -0.05) is 0 Å². The van der Waals surface area contributed by atoms with Crippen molar-refractivity contribution in [1.82, 2.24) is 0 Å². The maximum absolute atomic E-state index is 13.0. The number of anilines is 1. The molecule has 1 aromatic rings. The molecule has 1 aliphatic carbocycles. The van der Waals surface area contributed by atoms with Crippen LogP contribution in [0, 0.1) is 11.7 Å². The van der Waals surface area contributed by atoms with E-state index < -0.39 is 6.04 Å². The van der Waals surface area contributed by atoms with Crippen molar-refractivity contribution in [3.05, 3.63) is 30.1 Å². The summed E-state index contributed by atoms with van der Waals surface area (Å²) in [7, 11) is 0. The fraction of sp³-hybridized carbons (Fsp3) is 0.429. The van der Waals surface area contributed by atoms with E-state index in [0.717, 1.165) is 12.8 Å². The van der Waals surface area contributed by atoms with Crippen LogP contribution in [0.3, 0.4) is 0 Å². The van der Waals surface area contributed by atoms with Crippen molar-refractivity contribution in [2.45, 2.75) is 25.3 Å². The fourth-order valence-electron chi connectivity index (χ4n) is 2.31. The predicted octanol–water partition coefficient (Wildman–Crippen LogP) is 1.88. The van der Waals surface area contributed by atoms with Crippen molar-refractivity contribution in [3.8, 4) is 0 Å². The minimum atomic E-state index is -0.571. The summed E-state index contributed by atoms with van der Waals surface area (Å²) < 4.78 is 17.9. The third kappa shape index (κ3) is 2.32. The second kappa shape index (κ2) is 4.64. The maximum atomic E-state index is 13.0. The number of halogens is 1. The summed E-state index contributed by atoms with van der Waals surface area (Å²) in [5.41, 5.74) is 0.558. The molecule has 0 aromatic heterocycles. The van der Waals surface area contributed by atoms with E-state index in [1.807, 2.05) is 0 Å². The molecule has 1 heterocycles. The van der Waals surface area contributed by atoms with Gasteiger partial charge in [0.05, 0.1) is 6.61 Å². The molecule has 0 radical (unpaired) electrons. The highest BCUT2D eigenvalue weighted by Gasteiger charge is 2.42. The number of benzene rings is 1. The quantitative estimate of drug-likeness (QED) is 0.782. The van der Waals surface area contributed by atoms with Gasteiger partial charge in [-0.3, -0.25) is 9.69 Å². The number of rotatable bonds is 3. The number of hydrogen-bond acceptors (Lipinski definition) is 3. The maximum Gasteiger partial charge on any atom is 0.329 e. The minimum Gasteiger partial charge on any atom is -0.464 e. The van der Waals surface area contributed by atoms with Gasteiger partial charge >= 0.3 is 5.97 Å². The zero-order chi connectivity index (χ0) is 13.4. The first-order chi connectivity index (χ1) is 9.16. The molecule has 1 amide bonds. The van der Waals surface area contributed by atoms with E-state index in [4.69, 9.17) is 4.74 Å². The predicted molar refractivity (Wildman–Crippen MR) is 66.0 cm³/mol. The third-order valence-electron chi connectivity index (χ3n) is 3.49. The molecule has 1 atom stereocenters. The average molecular weight is 263 g/mol. The summed E-state index contributed by atoms with van der Waals surface area (Å²) in [5, 5.41) is 0. The molecule has 0 N–H and O–H groups in total. The molecule has 1 saturated carbocycles. The number of hydrogen-bond donors (Lipinski definition) is 0. The van der Waals surface area contributed by atoms with Crippen LogP contribution in [0.2, 0.25) is 0 Å². The van der Waals surface area contributed by atoms with E-state index in [1.54, 1.807) is 0 Å². The molecule has 5 heteroatoms. The van der Waals surface area contributed by atoms with Gasteiger partial charge in [-0.2, -0.15) is 0 Å². The molecule has 4 nitrogen and oxygen atoms in total. The summed E-state index contributed by atoms with van der Waals surface area (Å²) in [5.74, 6) is -0.802. The smallest absolute Gasteiger partial charge is 0.329 e. The van der Waals surface area contributed by atoms with Gasteiger partial charge in [-0.25, -0.2) is 9.18 Å². The normalized spacial score (nSPS) is 22.2. The number of nitrogens with zero attached hydrogens (tertiary/aromatic N) is 1. The molecular weight excluding hydrogens is 249 g/mol. The highest BCUT2D eigenvalue weighted by Crippen LogP contribution is 2.35. The van der Waals surface area contributed by atoms with Crippen LogP contribution < -0.4 is 4.90 Å². The first kappa shape index (κ1) is 12.1. The molecule has 1 aliphatic heterocycles. The van der Waals surface area contributed by atoms with Crippen molar-refractivity contribution in [2.75, 3.05) is 11.5 Å². The van der Waals surface area contributed by atoms with Gasteiger partial charge in [-0.15, -0.1) is 0 Å². The van der Waals surface area contributed by atoms with E-state index in [0.29, 0.717) is 18.7 Å². The summed E-state index contributed by atoms with van der Waals surface area (Å²) in [6.45, 7) is 0.332. The molecule has 100 valence electrons. The molecule has 1 unspecified atom stereocenters. The lowest BCUT2D eigenvalue weighted by Gasteiger charge is -2.26. The number of cyclic esters (lactones) is 1. The molecule has 0 bridgehead atoms. The molecule has 3 rings (SSSR count). The Morgan fingerprint density at radius 1 is 1.21 bits per heavy atom. The van der Waals surface area contributed by atoms with Crippen LogP contribution in [0.4, 0.5) is 10.1 Å².